The van der Waals surface area contributed by atoms with E-state index in [1.807, 2.05) is 6.92 Å². The van der Waals surface area contributed by atoms with Crippen LogP contribution in [-0.2, 0) is 9.53 Å². The van der Waals surface area contributed by atoms with Gasteiger partial charge in [0.15, 0.2) is 17.7 Å². The van der Waals surface area contributed by atoms with Crippen molar-refractivity contribution in [1.29, 1.82) is 0 Å². The van der Waals surface area contributed by atoms with Crippen LogP contribution in [0.2, 0.25) is 0 Å². The van der Waals surface area contributed by atoms with Gasteiger partial charge < -0.3 is 14.8 Å². The highest BCUT2D eigenvalue weighted by Crippen LogP contribution is 2.18. The second-order valence-electron chi connectivity index (χ2n) is 4.08. The molecule has 0 fully saturated rings. The maximum absolute atomic E-state index is 13.4. The molecule has 0 aliphatic carbocycles. The van der Waals surface area contributed by atoms with E-state index in [1.54, 1.807) is 19.2 Å². The van der Waals surface area contributed by atoms with Crippen LogP contribution in [0.1, 0.15) is 19.8 Å². The summed E-state index contributed by atoms with van der Waals surface area (Å²) in [6.45, 7) is 2.93. The molecule has 1 amide bonds. The van der Waals surface area contributed by atoms with Crippen LogP contribution in [-0.4, -0.2) is 32.3 Å². The summed E-state index contributed by atoms with van der Waals surface area (Å²) in [5, 5.41) is 2.74. The first-order valence-electron chi connectivity index (χ1n) is 6.36. The summed E-state index contributed by atoms with van der Waals surface area (Å²) < 4.78 is 23.7. The predicted molar refractivity (Wildman–Crippen MR) is 70.6 cm³/mol. The van der Waals surface area contributed by atoms with Gasteiger partial charge in [0.05, 0.1) is 0 Å². The van der Waals surface area contributed by atoms with Crippen molar-refractivity contribution < 1.29 is 18.7 Å². The van der Waals surface area contributed by atoms with Crippen molar-refractivity contribution in [1.82, 2.24) is 5.32 Å². The fourth-order valence-electron chi connectivity index (χ4n) is 1.56. The second-order valence-corrected chi connectivity index (χ2v) is 4.08. The molecule has 0 bridgehead atoms. The molecule has 4 nitrogen and oxygen atoms in total. The van der Waals surface area contributed by atoms with E-state index in [-0.39, 0.29) is 11.7 Å². The summed E-state index contributed by atoms with van der Waals surface area (Å²) in [6, 6.07) is 6.06. The van der Waals surface area contributed by atoms with Gasteiger partial charge in [-0.1, -0.05) is 19.1 Å². The molecular weight excluding hydrogens is 249 g/mol. The summed E-state index contributed by atoms with van der Waals surface area (Å²) in [6.07, 6.45) is 0.530. The van der Waals surface area contributed by atoms with Gasteiger partial charge in [-0.3, -0.25) is 4.79 Å². The van der Waals surface area contributed by atoms with Crippen molar-refractivity contribution >= 4 is 5.91 Å². The number of hydrogen-bond donors (Lipinski definition) is 1. The van der Waals surface area contributed by atoms with Gasteiger partial charge in [-0.25, -0.2) is 4.39 Å². The summed E-state index contributed by atoms with van der Waals surface area (Å²) in [4.78, 5) is 11.9. The molecule has 0 saturated heterocycles. The SMILES string of the molecule is CC[C@H](Oc1ccccc1F)C(=O)NCCCOC. The van der Waals surface area contributed by atoms with Crippen LogP contribution in [0, 0.1) is 5.82 Å². The minimum atomic E-state index is -0.681. The monoisotopic (exact) mass is 269 g/mol. The zero-order chi connectivity index (χ0) is 14.1. The van der Waals surface area contributed by atoms with Crippen molar-refractivity contribution in [3.05, 3.63) is 30.1 Å². The van der Waals surface area contributed by atoms with Gasteiger partial charge in [-0.2, -0.15) is 0 Å². The van der Waals surface area contributed by atoms with Gasteiger partial charge in [0.25, 0.3) is 5.91 Å². The lowest BCUT2D eigenvalue weighted by atomic mass is 10.2. The highest BCUT2D eigenvalue weighted by molar-refractivity contribution is 5.81. The Kier molecular flexibility index (Phi) is 6.89. The highest BCUT2D eigenvalue weighted by atomic mass is 19.1. The van der Waals surface area contributed by atoms with Crippen LogP contribution >= 0.6 is 0 Å². The van der Waals surface area contributed by atoms with E-state index in [0.29, 0.717) is 19.6 Å². The summed E-state index contributed by atoms with van der Waals surface area (Å²) >= 11 is 0. The number of methoxy groups -OCH3 is 1. The smallest absolute Gasteiger partial charge is 0.261 e. The van der Waals surface area contributed by atoms with Crippen molar-refractivity contribution in [2.24, 2.45) is 0 Å². The fraction of sp³-hybridized carbons (Fsp3) is 0.500. The average molecular weight is 269 g/mol. The lowest BCUT2D eigenvalue weighted by molar-refractivity contribution is -0.128. The third kappa shape index (κ3) is 5.26. The Balaban J connectivity index is 2.48. The molecule has 0 radical (unpaired) electrons. The number of para-hydroxylation sites is 1. The van der Waals surface area contributed by atoms with Gasteiger partial charge in [-0.05, 0) is 25.0 Å². The highest BCUT2D eigenvalue weighted by Gasteiger charge is 2.19. The Morgan fingerprint density at radius 1 is 1.42 bits per heavy atom. The standard InChI is InChI=1S/C14H20FNO3/c1-3-12(14(17)16-9-6-10-18-2)19-13-8-5-4-7-11(13)15/h4-5,7-8,12H,3,6,9-10H2,1-2H3,(H,16,17)/t12-/m0/s1. The number of amides is 1. The molecule has 0 unspecified atom stereocenters. The van der Waals surface area contributed by atoms with E-state index in [0.717, 1.165) is 6.42 Å². The van der Waals surface area contributed by atoms with Crippen LogP contribution in [0.25, 0.3) is 0 Å². The lowest BCUT2D eigenvalue weighted by Crippen LogP contribution is -2.38. The van der Waals surface area contributed by atoms with Gasteiger partial charge in [0.2, 0.25) is 0 Å². The molecule has 1 rings (SSSR count). The molecule has 1 atom stereocenters. The third-order valence-electron chi connectivity index (χ3n) is 2.59. The first-order valence-corrected chi connectivity index (χ1v) is 6.36. The largest absolute Gasteiger partial charge is 0.478 e. The Hall–Kier alpha value is -1.62. The van der Waals surface area contributed by atoms with Crippen LogP contribution in [0.4, 0.5) is 4.39 Å². The zero-order valence-corrected chi connectivity index (χ0v) is 11.3. The maximum atomic E-state index is 13.4. The topological polar surface area (TPSA) is 47.6 Å². The van der Waals surface area contributed by atoms with Gasteiger partial charge in [0.1, 0.15) is 0 Å². The van der Waals surface area contributed by atoms with Crippen molar-refractivity contribution in [2.75, 3.05) is 20.3 Å². The van der Waals surface area contributed by atoms with Gasteiger partial charge >= 0.3 is 0 Å². The average Bonchev–Trinajstić information content (AvgIpc) is 2.42. The summed E-state index contributed by atoms with van der Waals surface area (Å²) in [5.74, 6) is -0.601. The number of carbonyl (C=O) groups excluding carboxylic acids is 1. The van der Waals surface area contributed by atoms with E-state index < -0.39 is 11.9 Å². The summed E-state index contributed by atoms with van der Waals surface area (Å²) in [5.41, 5.74) is 0. The third-order valence-corrected chi connectivity index (χ3v) is 2.59. The minimum Gasteiger partial charge on any atom is -0.478 e. The van der Waals surface area contributed by atoms with Crippen LogP contribution < -0.4 is 10.1 Å². The molecule has 1 aromatic rings. The molecular formula is C14H20FNO3. The van der Waals surface area contributed by atoms with E-state index in [1.165, 1.54) is 12.1 Å². The Morgan fingerprint density at radius 3 is 2.79 bits per heavy atom. The van der Waals surface area contributed by atoms with E-state index in [9.17, 15) is 9.18 Å². The molecule has 0 aromatic heterocycles. The number of hydrogen-bond acceptors (Lipinski definition) is 3. The molecule has 106 valence electrons. The van der Waals surface area contributed by atoms with Gasteiger partial charge in [0, 0.05) is 20.3 Å². The number of halogens is 1. The molecule has 19 heavy (non-hydrogen) atoms. The fourth-order valence-corrected chi connectivity index (χ4v) is 1.56. The molecule has 0 spiro atoms. The number of benzene rings is 1. The second kappa shape index (κ2) is 8.48. The normalized spacial score (nSPS) is 11.9. The lowest BCUT2D eigenvalue weighted by Gasteiger charge is -2.17. The van der Waals surface area contributed by atoms with E-state index in [2.05, 4.69) is 5.32 Å². The minimum absolute atomic E-state index is 0.0985. The summed E-state index contributed by atoms with van der Waals surface area (Å²) in [7, 11) is 1.61. The number of carbonyl (C=O) groups is 1. The van der Waals surface area contributed by atoms with Crippen LogP contribution in [0.15, 0.2) is 24.3 Å². The van der Waals surface area contributed by atoms with Crippen molar-refractivity contribution in [3.63, 3.8) is 0 Å². The van der Waals surface area contributed by atoms with Crippen molar-refractivity contribution in [3.8, 4) is 5.75 Å². The maximum Gasteiger partial charge on any atom is 0.261 e. The quantitative estimate of drug-likeness (QED) is 0.735. The van der Waals surface area contributed by atoms with E-state index in [4.69, 9.17) is 9.47 Å². The molecule has 0 aliphatic rings. The van der Waals surface area contributed by atoms with E-state index >= 15 is 0 Å². The molecule has 0 saturated carbocycles. The first-order chi connectivity index (χ1) is 9.19. The predicted octanol–water partition coefficient (Wildman–Crippen LogP) is 2.14. The molecule has 1 aromatic carbocycles. The number of rotatable bonds is 8. The number of nitrogens with one attached hydrogen (secondary N) is 1. The van der Waals surface area contributed by atoms with Crippen LogP contribution in [0.3, 0.4) is 0 Å². The molecule has 5 heteroatoms. The Labute approximate surface area is 112 Å². The first kappa shape index (κ1) is 15.4. The molecule has 1 N–H and O–H groups in total. The molecule has 0 aliphatic heterocycles. The number of ether oxygens (including phenoxy) is 2. The van der Waals surface area contributed by atoms with Crippen molar-refractivity contribution in [2.45, 2.75) is 25.9 Å². The zero-order valence-electron chi connectivity index (χ0n) is 11.3. The Bertz CT molecular complexity index is 398. The van der Waals surface area contributed by atoms with Gasteiger partial charge in [-0.15, -0.1) is 0 Å². The molecule has 0 heterocycles. The Morgan fingerprint density at radius 2 is 2.16 bits per heavy atom. The van der Waals surface area contributed by atoms with Crippen LogP contribution in [0.5, 0.6) is 5.75 Å².